The molecule has 39 heavy (non-hydrogen) atoms. The first-order chi connectivity index (χ1) is 18.6. The molecule has 1 aliphatic heterocycles. The van der Waals surface area contributed by atoms with Gasteiger partial charge in [-0.3, -0.25) is 14.9 Å². The zero-order chi connectivity index (χ0) is 28.0. The molecule has 2 aromatic heterocycles. The first-order valence-electron chi connectivity index (χ1n) is 12.8. The molecule has 0 saturated carbocycles. The van der Waals surface area contributed by atoms with Crippen LogP contribution in [0, 0.1) is 20.8 Å². The predicted molar refractivity (Wildman–Crippen MR) is 151 cm³/mol. The number of nitrogens with zero attached hydrogens (tertiary/aromatic N) is 2. The smallest absolute Gasteiger partial charge is 0.341 e. The number of hydrogen-bond donors (Lipinski definition) is 1. The SMILES string of the molecule is CCOC(=O)c1c(-n2c(C)cc(/C=C3/C(=O)NC(=O)N(c4ccc(C)c(Cl)c4)C3=O)c2C)sc2c1CCCC2. The van der Waals surface area contributed by atoms with Crippen LogP contribution in [0.15, 0.2) is 29.8 Å². The molecular weight excluding hydrogens is 538 g/mol. The van der Waals surface area contributed by atoms with Gasteiger partial charge < -0.3 is 9.30 Å². The number of ether oxygens (including phenoxy) is 1. The Hall–Kier alpha value is -3.69. The molecule has 202 valence electrons. The van der Waals surface area contributed by atoms with E-state index in [1.165, 1.54) is 17.0 Å². The van der Waals surface area contributed by atoms with Crippen LogP contribution < -0.4 is 10.2 Å². The summed E-state index contributed by atoms with van der Waals surface area (Å²) in [4.78, 5) is 54.0. The highest BCUT2D eigenvalue weighted by atomic mass is 35.5. The molecular formula is C29H28ClN3O5S. The third-order valence-corrected chi connectivity index (χ3v) is 8.80. The third kappa shape index (κ3) is 4.70. The van der Waals surface area contributed by atoms with Gasteiger partial charge >= 0.3 is 12.0 Å². The van der Waals surface area contributed by atoms with Gasteiger partial charge in [0.2, 0.25) is 0 Å². The number of carbonyl (C=O) groups is 4. The van der Waals surface area contributed by atoms with Gasteiger partial charge in [-0.05, 0) is 94.3 Å². The van der Waals surface area contributed by atoms with Crippen molar-refractivity contribution in [1.29, 1.82) is 0 Å². The number of carbonyl (C=O) groups excluding carboxylic acids is 4. The topological polar surface area (TPSA) is 97.7 Å². The van der Waals surface area contributed by atoms with Gasteiger partial charge in [0.05, 0.1) is 17.9 Å². The second-order valence-electron chi connectivity index (χ2n) is 9.66. The minimum Gasteiger partial charge on any atom is -0.462 e. The van der Waals surface area contributed by atoms with Crippen molar-refractivity contribution in [3.8, 4) is 5.00 Å². The highest BCUT2D eigenvalue weighted by molar-refractivity contribution is 7.15. The molecule has 0 spiro atoms. The standard InChI is InChI=1S/C29H28ClN3O5S/c1-5-38-28(36)24-20-8-6-7-9-23(20)39-27(24)32-16(3)12-18(17(32)4)13-21-25(34)31-29(37)33(26(21)35)19-11-10-15(2)22(30)14-19/h10-14H,5-9H2,1-4H3,(H,31,34,37)/b21-13-. The Labute approximate surface area is 235 Å². The number of thiophene rings is 1. The number of barbiturate groups is 1. The van der Waals surface area contributed by atoms with Crippen molar-refractivity contribution in [1.82, 2.24) is 9.88 Å². The number of imide groups is 2. The summed E-state index contributed by atoms with van der Waals surface area (Å²) in [6.07, 6.45) is 5.34. The quantitative estimate of drug-likeness (QED) is 0.238. The highest BCUT2D eigenvalue weighted by Gasteiger charge is 2.37. The molecule has 1 saturated heterocycles. The number of fused-ring (bicyclic) bond motifs is 1. The predicted octanol–water partition coefficient (Wildman–Crippen LogP) is 5.84. The lowest BCUT2D eigenvalue weighted by Crippen LogP contribution is -2.54. The van der Waals surface area contributed by atoms with E-state index >= 15 is 0 Å². The summed E-state index contributed by atoms with van der Waals surface area (Å²) in [5.74, 6) is -1.86. The number of aryl methyl sites for hydroxylation is 3. The molecule has 2 aliphatic rings. The van der Waals surface area contributed by atoms with Gasteiger partial charge in [-0.15, -0.1) is 11.3 Å². The van der Waals surface area contributed by atoms with Crippen molar-refractivity contribution in [3.05, 3.63) is 73.4 Å². The van der Waals surface area contributed by atoms with Gasteiger partial charge in [0, 0.05) is 21.3 Å². The maximum atomic E-state index is 13.4. The van der Waals surface area contributed by atoms with Crippen molar-refractivity contribution in [3.63, 3.8) is 0 Å². The van der Waals surface area contributed by atoms with E-state index in [-0.39, 0.29) is 23.8 Å². The summed E-state index contributed by atoms with van der Waals surface area (Å²) in [6, 6.07) is 5.85. The minimum atomic E-state index is -0.837. The van der Waals surface area contributed by atoms with E-state index in [1.807, 2.05) is 31.4 Å². The Morgan fingerprint density at radius 2 is 1.87 bits per heavy atom. The van der Waals surface area contributed by atoms with Gasteiger partial charge in [-0.25, -0.2) is 14.5 Å². The van der Waals surface area contributed by atoms with E-state index in [4.69, 9.17) is 16.3 Å². The number of amides is 4. The Kier molecular flexibility index (Phi) is 7.22. The van der Waals surface area contributed by atoms with E-state index < -0.39 is 17.8 Å². The molecule has 1 aromatic carbocycles. The monoisotopic (exact) mass is 565 g/mol. The first-order valence-corrected chi connectivity index (χ1v) is 14.0. The second-order valence-corrected chi connectivity index (χ2v) is 11.2. The van der Waals surface area contributed by atoms with Gasteiger partial charge in [0.15, 0.2) is 0 Å². The molecule has 4 amide bonds. The van der Waals surface area contributed by atoms with E-state index in [0.717, 1.165) is 58.1 Å². The van der Waals surface area contributed by atoms with Gasteiger partial charge in [0.25, 0.3) is 11.8 Å². The number of esters is 1. The highest BCUT2D eigenvalue weighted by Crippen LogP contribution is 2.39. The number of aromatic nitrogens is 1. The zero-order valence-corrected chi connectivity index (χ0v) is 23.7. The van der Waals surface area contributed by atoms with Crippen LogP contribution in [0.2, 0.25) is 5.02 Å². The molecule has 3 aromatic rings. The fraction of sp³-hybridized carbons (Fsp3) is 0.310. The summed E-state index contributed by atoms with van der Waals surface area (Å²) < 4.78 is 7.41. The van der Waals surface area contributed by atoms with E-state index in [9.17, 15) is 19.2 Å². The Bertz CT molecular complexity index is 1580. The maximum Gasteiger partial charge on any atom is 0.341 e. The number of halogens is 1. The maximum absolute atomic E-state index is 13.4. The van der Waals surface area contributed by atoms with Gasteiger partial charge in [-0.2, -0.15) is 0 Å². The molecule has 5 rings (SSSR count). The summed E-state index contributed by atoms with van der Waals surface area (Å²) >= 11 is 7.82. The van der Waals surface area contributed by atoms with Crippen molar-refractivity contribution < 1.29 is 23.9 Å². The van der Waals surface area contributed by atoms with Crippen LogP contribution in [0.1, 0.15) is 63.1 Å². The van der Waals surface area contributed by atoms with Gasteiger partial charge in [-0.1, -0.05) is 17.7 Å². The molecule has 0 radical (unpaired) electrons. The van der Waals surface area contributed by atoms with Crippen molar-refractivity contribution in [2.24, 2.45) is 0 Å². The van der Waals surface area contributed by atoms with Crippen LogP contribution in [0.25, 0.3) is 11.1 Å². The Balaban J connectivity index is 1.59. The number of benzene rings is 1. The van der Waals surface area contributed by atoms with Crippen LogP contribution in [-0.4, -0.2) is 35.0 Å². The van der Waals surface area contributed by atoms with Crippen molar-refractivity contribution >= 4 is 58.5 Å². The third-order valence-electron chi connectivity index (χ3n) is 7.12. The summed E-state index contributed by atoms with van der Waals surface area (Å²) in [6.45, 7) is 7.67. The lowest BCUT2D eigenvalue weighted by atomic mass is 9.95. The minimum absolute atomic E-state index is 0.178. The van der Waals surface area contributed by atoms with Crippen LogP contribution in [0.4, 0.5) is 10.5 Å². The molecule has 0 bridgehead atoms. The van der Waals surface area contributed by atoms with E-state index in [1.54, 1.807) is 30.4 Å². The fourth-order valence-electron chi connectivity index (χ4n) is 5.14. The molecule has 0 atom stereocenters. The Morgan fingerprint density at radius 1 is 1.13 bits per heavy atom. The summed E-state index contributed by atoms with van der Waals surface area (Å²) in [7, 11) is 0. The average molecular weight is 566 g/mol. The van der Waals surface area contributed by atoms with E-state index in [0.29, 0.717) is 16.1 Å². The Morgan fingerprint density at radius 3 is 2.59 bits per heavy atom. The average Bonchev–Trinajstić information content (AvgIpc) is 3.39. The molecule has 10 heteroatoms. The molecule has 3 heterocycles. The van der Waals surface area contributed by atoms with Crippen LogP contribution in [-0.2, 0) is 27.2 Å². The number of anilines is 1. The van der Waals surface area contributed by atoms with Gasteiger partial charge in [0.1, 0.15) is 10.6 Å². The summed E-state index contributed by atoms with van der Waals surface area (Å²) in [5, 5.41) is 3.44. The van der Waals surface area contributed by atoms with Crippen LogP contribution >= 0.6 is 22.9 Å². The van der Waals surface area contributed by atoms with Crippen LogP contribution in [0.5, 0.6) is 0 Å². The number of rotatable bonds is 5. The fourth-order valence-corrected chi connectivity index (χ4v) is 6.80. The van der Waals surface area contributed by atoms with Crippen LogP contribution in [0.3, 0.4) is 0 Å². The molecule has 8 nitrogen and oxygen atoms in total. The largest absolute Gasteiger partial charge is 0.462 e. The lowest BCUT2D eigenvalue weighted by Gasteiger charge is -2.26. The molecule has 0 unspecified atom stereocenters. The number of nitrogens with one attached hydrogen (secondary N) is 1. The lowest BCUT2D eigenvalue weighted by molar-refractivity contribution is -0.122. The zero-order valence-electron chi connectivity index (χ0n) is 22.1. The molecule has 1 fully saturated rings. The van der Waals surface area contributed by atoms with E-state index in [2.05, 4.69) is 5.32 Å². The molecule has 1 N–H and O–H groups in total. The summed E-state index contributed by atoms with van der Waals surface area (Å²) in [5.41, 5.74) is 4.75. The normalized spacial score (nSPS) is 16.5. The molecule has 1 aliphatic carbocycles. The first kappa shape index (κ1) is 26.9. The second kappa shape index (κ2) is 10.5. The number of hydrogen-bond acceptors (Lipinski definition) is 6. The van der Waals surface area contributed by atoms with Crippen molar-refractivity contribution in [2.75, 3.05) is 11.5 Å². The van der Waals surface area contributed by atoms with Crippen molar-refractivity contribution in [2.45, 2.75) is 53.4 Å². The number of urea groups is 1.